The lowest BCUT2D eigenvalue weighted by molar-refractivity contribution is 0.368. The summed E-state index contributed by atoms with van der Waals surface area (Å²) in [7, 11) is -2.53. The number of nitrogens with zero attached hydrogens (tertiary/aromatic N) is 1. The SMILES string of the molecule is C=S(=O)(NC1CCCC1)c1cc(-c2c(C)noc2C(C)C)ccc1C. The molecule has 25 heavy (non-hydrogen) atoms. The third-order valence-corrected chi connectivity index (χ3v) is 6.82. The summed E-state index contributed by atoms with van der Waals surface area (Å²) in [6.45, 7) is 8.11. The molecule has 1 aromatic carbocycles. The van der Waals surface area contributed by atoms with Crippen LogP contribution in [0.5, 0.6) is 0 Å². The molecule has 1 fully saturated rings. The first-order chi connectivity index (χ1) is 11.8. The highest BCUT2D eigenvalue weighted by Gasteiger charge is 2.23. The van der Waals surface area contributed by atoms with E-state index in [1.54, 1.807) is 0 Å². The van der Waals surface area contributed by atoms with E-state index < -0.39 is 9.71 Å². The first-order valence-electron chi connectivity index (χ1n) is 9.01. The number of aryl methyl sites for hydroxylation is 2. The Balaban J connectivity index is 2.03. The molecule has 1 unspecified atom stereocenters. The lowest BCUT2D eigenvalue weighted by atomic mass is 9.98. The van der Waals surface area contributed by atoms with Gasteiger partial charge in [-0.1, -0.05) is 44.0 Å². The lowest BCUT2D eigenvalue weighted by Crippen LogP contribution is -2.32. The third kappa shape index (κ3) is 3.67. The molecule has 1 N–H and O–H groups in total. The van der Waals surface area contributed by atoms with Crippen LogP contribution < -0.4 is 4.72 Å². The van der Waals surface area contributed by atoms with Crippen LogP contribution in [0.15, 0.2) is 27.6 Å². The summed E-state index contributed by atoms with van der Waals surface area (Å²) in [5, 5.41) is 4.13. The summed E-state index contributed by atoms with van der Waals surface area (Å²) < 4.78 is 22.2. The van der Waals surface area contributed by atoms with Crippen LogP contribution in [-0.2, 0) is 9.71 Å². The number of benzene rings is 1. The number of rotatable bonds is 5. The van der Waals surface area contributed by atoms with Gasteiger partial charge < -0.3 is 4.52 Å². The van der Waals surface area contributed by atoms with Crippen molar-refractivity contribution in [2.24, 2.45) is 0 Å². The van der Waals surface area contributed by atoms with Crippen LogP contribution in [0.2, 0.25) is 0 Å². The van der Waals surface area contributed by atoms with Gasteiger partial charge in [0.05, 0.1) is 15.4 Å². The Bertz CT molecular complexity index is 860. The predicted octanol–water partition coefficient (Wildman–Crippen LogP) is 4.60. The molecule has 5 heteroatoms. The van der Waals surface area contributed by atoms with Gasteiger partial charge in [0.15, 0.2) is 0 Å². The molecule has 0 bridgehead atoms. The highest BCUT2D eigenvalue weighted by molar-refractivity contribution is 7.98. The van der Waals surface area contributed by atoms with E-state index in [1.807, 2.05) is 26.0 Å². The Hall–Kier alpha value is -1.59. The van der Waals surface area contributed by atoms with Crippen molar-refractivity contribution in [3.05, 3.63) is 35.2 Å². The van der Waals surface area contributed by atoms with Crippen LogP contribution in [-0.4, -0.2) is 21.3 Å². The standard InChI is InChI=1S/C20H28N2O2S/c1-13(2)20-19(15(4)21-24-20)16-11-10-14(3)18(12-16)25(5,23)22-17-8-6-7-9-17/h10-13,17H,5-9H2,1-4H3,(H,22,23). The molecule has 1 aliphatic rings. The van der Waals surface area contributed by atoms with Gasteiger partial charge >= 0.3 is 0 Å². The topological polar surface area (TPSA) is 55.1 Å². The molecule has 1 saturated carbocycles. The van der Waals surface area contributed by atoms with Gasteiger partial charge in [-0.05, 0) is 49.8 Å². The Morgan fingerprint density at radius 2 is 1.96 bits per heavy atom. The zero-order chi connectivity index (χ0) is 18.2. The molecule has 0 aliphatic heterocycles. The van der Waals surface area contributed by atoms with Crippen LogP contribution in [0.25, 0.3) is 11.1 Å². The summed E-state index contributed by atoms with van der Waals surface area (Å²) >= 11 is 0. The normalized spacial score (nSPS) is 18.0. The van der Waals surface area contributed by atoms with E-state index in [0.29, 0.717) is 6.04 Å². The van der Waals surface area contributed by atoms with E-state index in [1.165, 1.54) is 12.8 Å². The van der Waals surface area contributed by atoms with Crippen LogP contribution in [0.4, 0.5) is 0 Å². The molecular weight excluding hydrogens is 332 g/mol. The maximum Gasteiger partial charge on any atom is 0.147 e. The minimum Gasteiger partial charge on any atom is -0.360 e. The van der Waals surface area contributed by atoms with Gasteiger partial charge in [0.2, 0.25) is 0 Å². The molecule has 1 atom stereocenters. The maximum atomic E-state index is 13.3. The van der Waals surface area contributed by atoms with E-state index in [2.05, 4.69) is 35.7 Å². The first kappa shape index (κ1) is 18.2. The zero-order valence-electron chi connectivity index (χ0n) is 15.6. The summed E-state index contributed by atoms with van der Waals surface area (Å²) in [4.78, 5) is 0.784. The van der Waals surface area contributed by atoms with Gasteiger partial charge in [0, 0.05) is 22.4 Å². The summed E-state index contributed by atoms with van der Waals surface area (Å²) in [5.74, 6) is 5.15. The van der Waals surface area contributed by atoms with Crippen LogP contribution in [0.3, 0.4) is 0 Å². The van der Waals surface area contributed by atoms with Gasteiger partial charge in [0.1, 0.15) is 5.76 Å². The number of nitrogens with one attached hydrogen (secondary N) is 1. The Labute approximate surface area is 151 Å². The third-order valence-electron chi connectivity index (χ3n) is 4.96. The lowest BCUT2D eigenvalue weighted by Gasteiger charge is -2.19. The van der Waals surface area contributed by atoms with Gasteiger partial charge in [-0.15, -0.1) is 0 Å². The van der Waals surface area contributed by atoms with Crippen LogP contribution in [0.1, 0.15) is 62.5 Å². The minimum atomic E-state index is -2.53. The molecule has 1 heterocycles. The maximum absolute atomic E-state index is 13.3. The summed E-state index contributed by atoms with van der Waals surface area (Å²) in [5.41, 5.74) is 3.85. The molecule has 1 aromatic heterocycles. The first-order valence-corrected chi connectivity index (χ1v) is 10.7. The molecule has 4 nitrogen and oxygen atoms in total. The van der Waals surface area contributed by atoms with Crippen molar-refractivity contribution in [3.8, 4) is 11.1 Å². The molecule has 0 radical (unpaired) electrons. The average Bonchev–Trinajstić information content (AvgIpc) is 3.17. The van der Waals surface area contributed by atoms with E-state index in [-0.39, 0.29) is 5.92 Å². The van der Waals surface area contributed by atoms with E-state index in [0.717, 1.165) is 45.9 Å². The fourth-order valence-electron chi connectivity index (χ4n) is 3.62. The predicted molar refractivity (Wildman–Crippen MR) is 104 cm³/mol. The molecule has 1 aliphatic carbocycles. The van der Waals surface area contributed by atoms with Crippen molar-refractivity contribution in [2.45, 2.75) is 70.2 Å². The Morgan fingerprint density at radius 3 is 2.60 bits per heavy atom. The zero-order valence-corrected chi connectivity index (χ0v) is 16.4. The number of aromatic nitrogens is 1. The molecular formula is C20H28N2O2S. The number of hydrogen-bond acceptors (Lipinski definition) is 3. The fourth-order valence-corrected chi connectivity index (χ4v) is 5.43. The highest BCUT2D eigenvalue weighted by atomic mass is 32.2. The van der Waals surface area contributed by atoms with Crippen molar-refractivity contribution >= 4 is 15.6 Å². The average molecular weight is 361 g/mol. The van der Waals surface area contributed by atoms with Crippen molar-refractivity contribution < 1.29 is 8.73 Å². The molecule has 3 rings (SSSR count). The Morgan fingerprint density at radius 1 is 1.28 bits per heavy atom. The molecule has 2 aromatic rings. The van der Waals surface area contributed by atoms with Gasteiger partial charge in [-0.2, -0.15) is 0 Å². The van der Waals surface area contributed by atoms with Gasteiger partial charge in [-0.3, -0.25) is 0 Å². The van der Waals surface area contributed by atoms with Crippen LogP contribution >= 0.6 is 0 Å². The molecule has 136 valence electrons. The van der Waals surface area contributed by atoms with Gasteiger partial charge in [-0.25, -0.2) is 8.93 Å². The second kappa shape index (κ2) is 6.96. The summed E-state index contributed by atoms with van der Waals surface area (Å²) in [6.07, 6.45) is 4.55. The van der Waals surface area contributed by atoms with Crippen molar-refractivity contribution in [3.63, 3.8) is 0 Å². The van der Waals surface area contributed by atoms with E-state index >= 15 is 0 Å². The van der Waals surface area contributed by atoms with Crippen LogP contribution in [0, 0.1) is 13.8 Å². The number of hydrogen-bond donors (Lipinski definition) is 1. The second-order valence-corrected chi connectivity index (χ2v) is 9.44. The Kier molecular flexibility index (Phi) is 5.07. The fraction of sp³-hybridized carbons (Fsp3) is 0.500. The molecule has 0 saturated heterocycles. The minimum absolute atomic E-state index is 0.238. The van der Waals surface area contributed by atoms with Gasteiger partial charge in [0.25, 0.3) is 0 Å². The highest BCUT2D eigenvalue weighted by Crippen LogP contribution is 2.34. The van der Waals surface area contributed by atoms with E-state index in [9.17, 15) is 4.21 Å². The monoisotopic (exact) mass is 360 g/mol. The smallest absolute Gasteiger partial charge is 0.147 e. The van der Waals surface area contributed by atoms with Crippen molar-refractivity contribution in [1.82, 2.24) is 9.88 Å². The quantitative estimate of drug-likeness (QED) is 0.793. The second-order valence-electron chi connectivity index (χ2n) is 7.42. The molecule has 0 amide bonds. The van der Waals surface area contributed by atoms with Crippen molar-refractivity contribution in [2.75, 3.05) is 0 Å². The van der Waals surface area contributed by atoms with Crippen molar-refractivity contribution in [1.29, 1.82) is 0 Å². The van der Waals surface area contributed by atoms with E-state index in [4.69, 9.17) is 4.52 Å². The molecule has 0 spiro atoms. The summed E-state index contributed by atoms with van der Waals surface area (Å²) in [6, 6.07) is 6.37. The largest absolute Gasteiger partial charge is 0.360 e.